The van der Waals surface area contributed by atoms with E-state index in [1.807, 2.05) is 0 Å². The van der Waals surface area contributed by atoms with Gasteiger partial charge in [0.15, 0.2) is 0 Å². The van der Waals surface area contributed by atoms with Crippen LogP contribution in [0.1, 0.15) is 20.3 Å². The lowest BCUT2D eigenvalue weighted by molar-refractivity contribution is -0.119. The van der Waals surface area contributed by atoms with Gasteiger partial charge < -0.3 is 5.32 Å². The molecule has 1 N–H and O–H groups in total. The average Bonchev–Trinajstić information content (AvgIpc) is 1.88. The van der Waals surface area contributed by atoms with Crippen LogP contribution in [0, 0.1) is 0 Å². The Kier molecular flexibility index (Phi) is 2.60. The van der Waals surface area contributed by atoms with Crippen molar-refractivity contribution < 1.29 is 4.79 Å². The molecule has 58 valence electrons. The van der Waals surface area contributed by atoms with Gasteiger partial charge in [-0.3, -0.25) is 4.79 Å². The lowest BCUT2D eigenvalue weighted by Gasteiger charge is -2.27. The first kappa shape index (κ1) is 7.92. The highest BCUT2D eigenvalue weighted by atomic mass is 32.2. The topological polar surface area (TPSA) is 29.1 Å². The summed E-state index contributed by atoms with van der Waals surface area (Å²) in [6.45, 7) is 4.23. The largest absolute Gasteiger partial charge is 0.352 e. The molecule has 0 radical (unpaired) electrons. The maximum absolute atomic E-state index is 10.8. The zero-order valence-electron chi connectivity index (χ0n) is 6.39. The van der Waals surface area contributed by atoms with Gasteiger partial charge in [-0.25, -0.2) is 0 Å². The van der Waals surface area contributed by atoms with E-state index < -0.39 is 0 Å². The molecule has 2 nitrogen and oxygen atoms in total. The zero-order valence-corrected chi connectivity index (χ0v) is 7.20. The maximum Gasteiger partial charge on any atom is 0.230 e. The first-order valence-corrected chi connectivity index (χ1v) is 4.70. The average molecular weight is 159 g/mol. The molecule has 1 aliphatic rings. The maximum atomic E-state index is 10.8. The van der Waals surface area contributed by atoms with Gasteiger partial charge >= 0.3 is 0 Å². The Hall–Kier alpha value is -0.180. The van der Waals surface area contributed by atoms with Gasteiger partial charge in [-0.15, -0.1) is 11.8 Å². The molecule has 1 heterocycles. The van der Waals surface area contributed by atoms with E-state index in [-0.39, 0.29) is 5.91 Å². The van der Waals surface area contributed by atoms with Gasteiger partial charge in [0.05, 0.1) is 5.75 Å². The lowest BCUT2D eigenvalue weighted by Crippen LogP contribution is -2.45. The first-order valence-electron chi connectivity index (χ1n) is 3.65. The normalized spacial score (nSPS) is 33.6. The van der Waals surface area contributed by atoms with Crippen LogP contribution < -0.4 is 5.32 Å². The molecular weight excluding hydrogens is 146 g/mol. The predicted octanol–water partition coefficient (Wildman–Crippen LogP) is 1.02. The third-order valence-electron chi connectivity index (χ3n) is 1.78. The number of nitrogens with one attached hydrogen (secondary N) is 1. The minimum Gasteiger partial charge on any atom is -0.352 e. The quantitative estimate of drug-likeness (QED) is 0.619. The first-order chi connectivity index (χ1) is 4.74. The Morgan fingerprint density at radius 1 is 1.80 bits per heavy atom. The van der Waals surface area contributed by atoms with Crippen LogP contribution >= 0.6 is 11.8 Å². The van der Waals surface area contributed by atoms with Gasteiger partial charge in [-0.05, 0) is 13.3 Å². The molecule has 0 aliphatic carbocycles. The molecule has 2 unspecified atom stereocenters. The van der Waals surface area contributed by atoms with E-state index in [1.54, 1.807) is 11.8 Å². The molecular formula is C7H13NOS. The molecule has 3 heteroatoms. The second-order valence-electron chi connectivity index (χ2n) is 2.61. The van der Waals surface area contributed by atoms with E-state index in [0.29, 0.717) is 17.0 Å². The molecule has 1 fully saturated rings. The summed E-state index contributed by atoms with van der Waals surface area (Å²) in [5, 5.41) is 3.54. The molecule has 0 aromatic rings. The summed E-state index contributed by atoms with van der Waals surface area (Å²) in [4.78, 5) is 10.8. The standard InChI is InChI=1S/C7H13NOS/c1-3-6-5(2)8-7(9)4-10-6/h5-6H,3-4H2,1-2H3,(H,8,9). The summed E-state index contributed by atoms with van der Waals surface area (Å²) in [5.41, 5.74) is 0. The van der Waals surface area contributed by atoms with Crippen LogP contribution in [0.15, 0.2) is 0 Å². The van der Waals surface area contributed by atoms with Crippen LogP contribution in [0.2, 0.25) is 0 Å². The second-order valence-corrected chi connectivity index (χ2v) is 3.84. The Bertz CT molecular complexity index is 138. The molecule has 0 aromatic heterocycles. The van der Waals surface area contributed by atoms with Crippen LogP contribution in [-0.2, 0) is 4.79 Å². The van der Waals surface area contributed by atoms with Crippen molar-refractivity contribution in [3.05, 3.63) is 0 Å². The van der Waals surface area contributed by atoms with Crippen LogP contribution in [0.25, 0.3) is 0 Å². The van der Waals surface area contributed by atoms with Crippen molar-refractivity contribution in [1.29, 1.82) is 0 Å². The van der Waals surface area contributed by atoms with E-state index in [1.165, 1.54) is 0 Å². The van der Waals surface area contributed by atoms with Crippen molar-refractivity contribution in [2.45, 2.75) is 31.6 Å². The summed E-state index contributed by atoms with van der Waals surface area (Å²) in [6, 6.07) is 0.358. The van der Waals surface area contributed by atoms with Crippen molar-refractivity contribution in [1.82, 2.24) is 5.32 Å². The minimum atomic E-state index is 0.183. The number of carbonyl (C=O) groups is 1. The number of thioether (sulfide) groups is 1. The van der Waals surface area contributed by atoms with Crippen LogP contribution in [0.5, 0.6) is 0 Å². The predicted molar refractivity (Wildman–Crippen MR) is 44.1 cm³/mol. The summed E-state index contributed by atoms with van der Waals surface area (Å²) < 4.78 is 0. The zero-order chi connectivity index (χ0) is 7.56. The highest BCUT2D eigenvalue weighted by Gasteiger charge is 2.23. The van der Waals surface area contributed by atoms with E-state index in [9.17, 15) is 4.79 Å². The fraction of sp³-hybridized carbons (Fsp3) is 0.857. The van der Waals surface area contributed by atoms with Crippen LogP contribution in [-0.4, -0.2) is 23.0 Å². The molecule has 0 spiro atoms. The van der Waals surface area contributed by atoms with E-state index >= 15 is 0 Å². The number of hydrogen-bond acceptors (Lipinski definition) is 2. The molecule has 10 heavy (non-hydrogen) atoms. The number of amides is 1. The fourth-order valence-electron chi connectivity index (χ4n) is 1.19. The number of hydrogen-bond donors (Lipinski definition) is 1. The van der Waals surface area contributed by atoms with Gasteiger partial charge in [0.25, 0.3) is 0 Å². The lowest BCUT2D eigenvalue weighted by atomic mass is 10.2. The molecule has 0 bridgehead atoms. The van der Waals surface area contributed by atoms with E-state index in [0.717, 1.165) is 6.42 Å². The van der Waals surface area contributed by atoms with Gasteiger partial charge in [-0.2, -0.15) is 0 Å². The summed E-state index contributed by atoms with van der Waals surface area (Å²) in [5.74, 6) is 0.824. The Labute approximate surface area is 65.8 Å². The Balaban J connectivity index is 2.43. The minimum absolute atomic E-state index is 0.183. The monoisotopic (exact) mass is 159 g/mol. The SMILES string of the molecule is CCC1SCC(=O)NC1C. The van der Waals surface area contributed by atoms with Gasteiger partial charge in [0.2, 0.25) is 5.91 Å². The molecule has 0 saturated carbocycles. The molecule has 1 saturated heterocycles. The Morgan fingerprint density at radius 2 is 2.50 bits per heavy atom. The van der Waals surface area contributed by atoms with Crippen LogP contribution in [0.3, 0.4) is 0 Å². The van der Waals surface area contributed by atoms with E-state index in [2.05, 4.69) is 19.2 Å². The molecule has 0 aromatic carbocycles. The number of carbonyl (C=O) groups excluding carboxylic acids is 1. The highest BCUT2D eigenvalue weighted by molar-refractivity contribution is 8.00. The van der Waals surface area contributed by atoms with Crippen LogP contribution in [0.4, 0.5) is 0 Å². The van der Waals surface area contributed by atoms with Crippen molar-refractivity contribution in [2.75, 3.05) is 5.75 Å². The number of rotatable bonds is 1. The summed E-state index contributed by atoms with van der Waals surface area (Å²) in [7, 11) is 0. The smallest absolute Gasteiger partial charge is 0.230 e. The second kappa shape index (κ2) is 3.28. The van der Waals surface area contributed by atoms with Crippen molar-refractivity contribution in [2.24, 2.45) is 0 Å². The van der Waals surface area contributed by atoms with Crippen molar-refractivity contribution in [3.63, 3.8) is 0 Å². The summed E-state index contributed by atoms with van der Waals surface area (Å²) >= 11 is 1.77. The van der Waals surface area contributed by atoms with Gasteiger partial charge in [0, 0.05) is 11.3 Å². The third kappa shape index (κ3) is 1.66. The van der Waals surface area contributed by atoms with Gasteiger partial charge in [0.1, 0.15) is 0 Å². The molecule has 2 atom stereocenters. The molecule has 1 aliphatic heterocycles. The van der Waals surface area contributed by atoms with Crippen molar-refractivity contribution in [3.8, 4) is 0 Å². The highest BCUT2D eigenvalue weighted by Crippen LogP contribution is 2.21. The fourth-order valence-corrected chi connectivity index (χ4v) is 2.23. The van der Waals surface area contributed by atoms with Crippen molar-refractivity contribution >= 4 is 17.7 Å². The Morgan fingerprint density at radius 3 is 3.00 bits per heavy atom. The molecule has 1 rings (SSSR count). The molecule has 1 amide bonds. The van der Waals surface area contributed by atoms with Gasteiger partial charge in [-0.1, -0.05) is 6.92 Å². The van der Waals surface area contributed by atoms with E-state index in [4.69, 9.17) is 0 Å². The summed E-state index contributed by atoms with van der Waals surface area (Å²) in [6.07, 6.45) is 1.14. The third-order valence-corrected chi connectivity index (χ3v) is 3.38.